The normalized spacial score (nSPS) is 10.5. The molecule has 3 aromatic rings. The number of likely N-dealkylation sites (N-methyl/N-ethyl adjacent to an activating group) is 1. The van der Waals surface area contributed by atoms with Crippen molar-refractivity contribution < 1.29 is 53.4 Å². The van der Waals surface area contributed by atoms with E-state index in [1.807, 2.05) is 0 Å². The van der Waals surface area contributed by atoms with Crippen LogP contribution in [0.25, 0.3) is 22.3 Å². The lowest BCUT2D eigenvalue weighted by Gasteiger charge is -2.31. The number of carbonyl (C=O) groups is 2. The molecule has 6 nitrogen and oxygen atoms in total. The van der Waals surface area contributed by atoms with Crippen molar-refractivity contribution in [3.05, 3.63) is 70.4 Å². The summed E-state index contributed by atoms with van der Waals surface area (Å²) in [6, 6.07) is 17.6. The third-order valence-electron chi connectivity index (χ3n) is 5.57. The number of aliphatic hydroxyl groups excluding tert-OH is 1. The molecule has 1 N–H and O–H groups in total. The predicted molar refractivity (Wildman–Crippen MR) is 123 cm³/mol. The summed E-state index contributed by atoms with van der Waals surface area (Å²) < 4.78 is 0.983. The summed E-state index contributed by atoms with van der Waals surface area (Å²) in [4.78, 5) is 22.8. The minimum absolute atomic E-state index is 0. The van der Waals surface area contributed by atoms with E-state index in [9.17, 15) is 19.8 Å². The minimum atomic E-state index is -1.40. The van der Waals surface area contributed by atoms with Crippen LogP contribution in [0.1, 0.15) is 33.2 Å². The van der Waals surface area contributed by atoms with Crippen LogP contribution in [0.4, 0.5) is 0 Å². The smallest absolute Gasteiger partial charge is 0.102 e. The highest BCUT2D eigenvalue weighted by atomic mass is 127. The average molecular weight is 581 g/mol. The van der Waals surface area contributed by atoms with Crippen molar-refractivity contribution >= 4 is 23.3 Å². The number of nitrogens with zero attached hydrogens (tertiary/aromatic N) is 1. The van der Waals surface area contributed by atoms with Crippen LogP contribution in [0.5, 0.6) is 0 Å². The Morgan fingerprint density at radius 3 is 1.42 bits per heavy atom. The van der Waals surface area contributed by atoms with Crippen molar-refractivity contribution in [1.29, 1.82) is 0 Å². The number of hydrogen-bond donors (Lipinski definition) is 1. The van der Waals surface area contributed by atoms with Gasteiger partial charge in [0.2, 0.25) is 0 Å². The largest absolute Gasteiger partial charge is 1.00 e. The summed E-state index contributed by atoms with van der Waals surface area (Å²) in [6.45, 7) is 7.71. The van der Waals surface area contributed by atoms with E-state index in [0.717, 1.165) is 24.1 Å². The first kappa shape index (κ1) is 28.8. The van der Waals surface area contributed by atoms with Gasteiger partial charge in [-0.3, -0.25) is 0 Å². The molecule has 1 heterocycles. The number of carboxylic acids is 2. The van der Waals surface area contributed by atoms with Crippen molar-refractivity contribution in [1.82, 2.24) is 0 Å². The van der Waals surface area contributed by atoms with Crippen LogP contribution in [0.15, 0.2) is 60.7 Å². The zero-order chi connectivity index (χ0) is 23.7. The number of aliphatic hydroxyl groups is 1. The van der Waals surface area contributed by atoms with Gasteiger partial charge in [0.15, 0.2) is 0 Å². The summed E-state index contributed by atoms with van der Waals surface area (Å²) in [7, 11) is 2.16. The molecule has 3 rings (SSSR count). The molecule has 0 saturated carbocycles. The van der Waals surface area contributed by atoms with Crippen LogP contribution in [0.2, 0.25) is 0 Å². The number of halogens is 1. The molecule has 0 bridgehead atoms. The average Bonchev–Trinajstić information content (AvgIpc) is 3.22. The van der Waals surface area contributed by atoms with E-state index in [-0.39, 0.29) is 33.7 Å². The predicted octanol–water partition coefficient (Wildman–Crippen LogP) is -0.722. The van der Waals surface area contributed by atoms with Gasteiger partial charge in [-0.05, 0) is 25.0 Å². The second-order valence-electron chi connectivity index (χ2n) is 7.52. The lowest BCUT2D eigenvalue weighted by Crippen LogP contribution is -3.00. The molecule has 0 aliphatic carbocycles. The van der Waals surface area contributed by atoms with E-state index in [1.165, 1.54) is 0 Å². The number of rotatable bonds is 8. The van der Waals surface area contributed by atoms with Crippen LogP contribution in [0, 0.1) is 0 Å². The van der Waals surface area contributed by atoms with E-state index in [4.69, 9.17) is 5.11 Å². The van der Waals surface area contributed by atoms with Crippen LogP contribution in [-0.4, -0.2) is 54.8 Å². The van der Waals surface area contributed by atoms with Gasteiger partial charge in [0.05, 0.1) is 48.4 Å². The topological polar surface area (TPSA) is 100 Å². The first-order valence-corrected chi connectivity index (χ1v) is 11.2. The third-order valence-corrected chi connectivity index (χ3v) is 6.72. The molecular formula is C25H28INO5S-2. The zero-order valence-electron chi connectivity index (χ0n) is 18.9. The van der Waals surface area contributed by atoms with Crippen LogP contribution in [-0.2, 0) is 0 Å². The Hall–Kier alpha value is -2.27. The van der Waals surface area contributed by atoms with Crippen LogP contribution < -0.4 is 34.2 Å². The minimum Gasteiger partial charge on any atom is -1.00 e. The van der Waals surface area contributed by atoms with Crippen LogP contribution >= 0.6 is 11.3 Å². The van der Waals surface area contributed by atoms with Gasteiger partial charge in [-0.1, -0.05) is 60.7 Å². The molecule has 2 aromatic carbocycles. The first-order chi connectivity index (χ1) is 15.3. The molecule has 0 aliphatic rings. The van der Waals surface area contributed by atoms with E-state index >= 15 is 0 Å². The maximum absolute atomic E-state index is 11.5. The second kappa shape index (κ2) is 13.4. The fourth-order valence-electron chi connectivity index (χ4n) is 3.26. The lowest BCUT2D eigenvalue weighted by atomic mass is 9.95. The monoisotopic (exact) mass is 581 g/mol. The summed E-state index contributed by atoms with van der Waals surface area (Å²) >= 11 is 0.668. The Bertz CT molecular complexity index is 962. The van der Waals surface area contributed by atoms with E-state index < -0.39 is 11.9 Å². The summed E-state index contributed by atoms with van der Waals surface area (Å²) in [5.41, 5.74) is 1.94. The molecule has 0 aliphatic heterocycles. The van der Waals surface area contributed by atoms with Gasteiger partial charge in [0.25, 0.3) is 0 Å². The van der Waals surface area contributed by atoms with Gasteiger partial charge in [0, 0.05) is 11.1 Å². The van der Waals surface area contributed by atoms with Gasteiger partial charge >= 0.3 is 0 Å². The van der Waals surface area contributed by atoms with E-state index in [0.29, 0.717) is 40.2 Å². The van der Waals surface area contributed by atoms with Gasteiger partial charge < -0.3 is 53.4 Å². The Kier molecular flexibility index (Phi) is 11.7. The van der Waals surface area contributed by atoms with Gasteiger partial charge in [0.1, 0.15) is 6.54 Å². The third kappa shape index (κ3) is 7.36. The molecule has 1 aromatic heterocycles. The number of carbonyl (C=O) groups excluding carboxylic acids is 2. The standard InChI is InChI=1S/C18H12O4S.C7H18NO.HI/c19-17(20)15-13(11-7-3-1-4-8-11)14(16(23-15)18(21)22)12-9-5-2-6-10-12;1-4-8(3,5-2)6-7-9;/h1-10H,(H,19,20)(H,21,22);9H,4-7H2,1-3H3;1H/q;+1;/p-3. The second-order valence-corrected chi connectivity index (χ2v) is 8.54. The number of aromatic carboxylic acids is 2. The lowest BCUT2D eigenvalue weighted by molar-refractivity contribution is -0.906. The molecule has 8 heteroatoms. The molecule has 178 valence electrons. The number of quaternary nitrogens is 1. The van der Waals surface area contributed by atoms with E-state index in [1.54, 1.807) is 60.7 Å². The highest BCUT2D eigenvalue weighted by molar-refractivity contribution is 7.17. The SMILES string of the molecule is CC[N+](C)(CC)CCO.O=C([O-])c1sc(C(=O)[O-])c(-c2ccccc2)c1-c1ccccc1.[I-]. The Morgan fingerprint density at radius 2 is 1.18 bits per heavy atom. The summed E-state index contributed by atoms with van der Waals surface area (Å²) in [6.07, 6.45) is 0. The molecule has 0 atom stereocenters. The fraction of sp³-hybridized carbons (Fsp3) is 0.280. The molecular weight excluding hydrogens is 553 g/mol. The van der Waals surface area contributed by atoms with E-state index in [2.05, 4.69) is 20.9 Å². The Morgan fingerprint density at radius 1 is 0.818 bits per heavy atom. The number of thiophene rings is 1. The maximum Gasteiger partial charge on any atom is 0.102 e. The zero-order valence-corrected chi connectivity index (χ0v) is 21.9. The first-order valence-electron chi connectivity index (χ1n) is 10.4. The maximum atomic E-state index is 11.5. The molecule has 0 spiro atoms. The molecule has 0 unspecified atom stereocenters. The highest BCUT2D eigenvalue weighted by Gasteiger charge is 2.22. The molecule has 0 radical (unpaired) electrons. The van der Waals surface area contributed by atoms with Crippen molar-refractivity contribution in [3.63, 3.8) is 0 Å². The number of benzene rings is 2. The highest BCUT2D eigenvalue weighted by Crippen LogP contribution is 2.42. The molecule has 0 amide bonds. The summed E-state index contributed by atoms with van der Waals surface area (Å²) in [5.74, 6) is -2.81. The fourth-order valence-corrected chi connectivity index (χ4v) is 4.28. The molecule has 0 fully saturated rings. The van der Waals surface area contributed by atoms with Crippen molar-refractivity contribution in [2.45, 2.75) is 13.8 Å². The van der Waals surface area contributed by atoms with Crippen LogP contribution in [0.3, 0.4) is 0 Å². The van der Waals surface area contributed by atoms with Crippen molar-refractivity contribution in [2.75, 3.05) is 33.3 Å². The number of hydrogen-bond acceptors (Lipinski definition) is 6. The van der Waals surface area contributed by atoms with Gasteiger partial charge in [-0.15, -0.1) is 11.3 Å². The van der Waals surface area contributed by atoms with Gasteiger partial charge in [-0.2, -0.15) is 0 Å². The van der Waals surface area contributed by atoms with Crippen molar-refractivity contribution in [3.8, 4) is 22.3 Å². The number of carboxylic acid groups (broad SMARTS) is 2. The Balaban J connectivity index is 0.000000467. The van der Waals surface area contributed by atoms with Gasteiger partial charge in [-0.25, -0.2) is 0 Å². The quantitative estimate of drug-likeness (QED) is 0.280. The Labute approximate surface area is 215 Å². The molecule has 0 saturated heterocycles. The summed E-state index contributed by atoms with van der Waals surface area (Å²) in [5, 5.41) is 31.6. The molecule has 33 heavy (non-hydrogen) atoms. The van der Waals surface area contributed by atoms with Crippen molar-refractivity contribution in [2.24, 2.45) is 0 Å².